The smallest absolute Gasteiger partial charge is 0.339 e. The van der Waals surface area contributed by atoms with Gasteiger partial charge >= 0.3 is 5.97 Å². The Morgan fingerprint density at radius 3 is 2.42 bits per heavy atom. The molecule has 1 aromatic carbocycles. The van der Waals surface area contributed by atoms with Gasteiger partial charge in [-0.3, -0.25) is 0 Å². The number of carboxylic acid groups (broad SMARTS) is 1. The third-order valence-electron chi connectivity index (χ3n) is 1.68. The number of aromatic carboxylic acids is 1. The molecule has 0 fully saturated rings. The van der Waals surface area contributed by atoms with Gasteiger partial charge in [0.1, 0.15) is 11.3 Å². The predicted octanol–water partition coefficient (Wildman–Crippen LogP) is 1.71. The lowest BCUT2D eigenvalue weighted by Gasteiger charge is -2.04. The summed E-state index contributed by atoms with van der Waals surface area (Å²) in [4.78, 5) is 10.6. The van der Waals surface area contributed by atoms with Crippen molar-refractivity contribution in [3.05, 3.63) is 28.8 Å². The van der Waals surface area contributed by atoms with Crippen LogP contribution in [0.25, 0.3) is 0 Å². The molecule has 0 aromatic heterocycles. The molecule has 0 bridgehead atoms. The second-order valence-corrected chi connectivity index (χ2v) is 2.78. The van der Waals surface area contributed by atoms with Crippen molar-refractivity contribution in [3.8, 4) is 5.75 Å². The Labute approximate surface area is 70.3 Å². The second-order valence-electron chi connectivity index (χ2n) is 2.78. The van der Waals surface area contributed by atoms with E-state index in [9.17, 15) is 9.90 Å². The molecule has 0 aliphatic rings. The van der Waals surface area contributed by atoms with Crippen molar-refractivity contribution >= 4 is 5.97 Å². The van der Waals surface area contributed by atoms with Crippen molar-refractivity contribution in [2.45, 2.75) is 13.8 Å². The molecule has 12 heavy (non-hydrogen) atoms. The Hall–Kier alpha value is -1.51. The van der Waals surface area contributed by atoms with Gasteiger partial charge in [0.2, 0.25) is 0 Å². The number of hydrogen-bond acceptors (Lipinski definition) is 2. The molecule has 3 heteroatoms. The number of hydrogen-bond donors (Lipinski definition) is 2. The first-order chi connectivity index (χ1) is 5.52. The van der Waals surface area contributed by atoms with Gasteiger partial charge in [0, 0.05) is 0 Å². The zero-order chi connectivity index (χ0) is 9.30. The van der Waals surface area contributed by atoms with Gasteiger partial charge in [-0.15, -0.1) is 0 Å². The lowest BCUT2D eigenvalue weighted by molar-refractivity contribution is 0.0693. The van der Waals surface area contributed by atoms with E-state index in [0.29, 0.717) is 5.56 Å². The third kappa shape index (κ3) is 1.39. The van der Waals surface area contributed by atoms with Crippen molar-refractivity contribution in [2.75, 3.05) is 0 Å². The Morgan fingerprint density at radius 1 is 1.33 bits per heavy atom. The molecule has 0 amide bonds. The zero-order valence-electron chi connectivity index (χ0n) is 6.96. The lowest BCUT2D eigenvalue weighted by atomic mass is 10.1. The molecule has 0 saturated carbocycles. The summed E-state index contributed by atoms with van der Waals surface area (Å²) in [7, 11) is 0. The molecule has 0 aliphatic heterocycles. The van der Waals surface area contributed by atoms with E-state index in [1.54, 1.807) is 19.9 Å². The maximum atomic E-state index is 10.6. The largest absolute Gasteiger partial charge is 0.507 e. The van der Waals surface area contributed by atoms with Crippen LogP contribution >= 0.6 is 0 Å². The minimum atomic E-state index is -1.10. The fourth-order valence-corrected chi connectivity index (χ4v) is 1.12. The van der Waals surface area contributed by atoms with Crippen LogP contribution in [-0.4, -0.2) is 16.2 Å². The van der Waals surface area contributed by atoms with E-state index in [4.69, 9.17) is 5.11 Å². The van der Waals surface area contributed by atoms with Gasteiger partial charge in [-0.2, -0.15) is 0 Å². The molecule has 0 atom stereocenters. The number of benzene rings is 1. The van der Waals surface area contributed by atoms with Crippen LogP contribution in [-0.2, 0) is 0 Å². The van der Waals surface area contributed by atoms with Crippen LogP contribution in [0.4, 0.5) is 0 Å². The summed E-state index contributed by atoms with van der Waals surface area (Å²) in [5.41, 5.74) is 1.39. The van der Waals surface area contributed by atoms with E-state index in [0.717, 1.165) is 5.56 Å². The van der Waals surface area contributed by atoms with Crippen LogP contribution in [0.3, 0.4) is 0 Å². The molecule has 0 radical (unpaired) electrons. The summed E-state index contributed by atoms with van der Waals surface area (Å²) in [6, 6.07) is 3.19. The summed E-state index contributed by atoms with van der Waals surface area (Å²) in [5.74, 6) is -1.24. The van der Waals surface area contributed by atoms with Gasteiger partial charge in [0.25, 0.3) is 0 Å². The highest BCUT2D eigenvalue weighted by atomic mass is 16.4. The van der Waals surface area contributed by atoms with Crippen LogP contribution in [0.5, 0.6) is 5.75 Å². The predicted molar refractivity (Wildman–Crippen MR) is 44.5 cm³/mol. The van der Waals surface area contributed by atoms with Gasteiger partial charge in [-0.25, -0.2) is 4.79 Å². The van der Waals surface area contributed by atoms with Crippen molar-refractivity contribution in [1.82, 2.24) is 0 Å². The van der Waals surface area contributed by atoms with Crippen molar-refractivity contribution in [3.63, 3.8) is 0 Å². The highest BCUT2D eigenvalue weighted by molar-refractivity contribution is 5.91. The number of aromatic hydroxyl groups is 1. The molecule has 0 unspecified atom stereocenters. The standard InChI is InChI=1S/C9H10O3/c1-5-3-6(2)8(10)7(4-5)9(11)12/h3-4,10H,1-2H3,(H,11,12). The zero-order valence-corrected chi connectivity index (χ0v) is 6.96. The monoisotopic (exact) mass is 166 g/mol. The topological polar surface area (TPSA) is 57.5 Å². The van der Waals surface area contributed by atoms with Gasteiger partial charge < -0.3 is 10.2 Å². The van der Waals surface area contributed by atoms with Gasteiger partial charge in [-0.1, -0.05) is 6.07 Å². The molecule has 0 spiro atoms. The summed E-state index contributed by atoms with van der Waals surface area (Å²) >= 11 is 0. The fraction of sp³-hybridized carbons (Fsp3) is 0.222. The Balaban J connectivity index is 3.37. The van der Waals surface area contributed by atoms with E-state index >= 15 is 0 Å². The minimum absolute atomic E-state index is 0.0347. The van der Waals surface area contributed by atoms with Crippen LogP contribution < -0.4 is 0 Å². The van der Waals surface area contributed by atoms with E-state index in [1.165, 1.54) is 6.07 Å². The minimum Gasteiger partial charge on any atom is -0.507 e. The van der Waals surface area contributed by atoms with Crippen molar-refractivity contribution < 1.29 is 15.0 Å². The maximum Gasteiger partial charge on any atom is 0.339 e. The van der Waals surface area contributed by atoms with Crippen molar-refractivity contribution in [1.29, 1.82) is 0 Å². The highest BCUT2D eigenvalue weighted by Gasteiger charge is 2.11. The molecule has 1 aromatic rings. The first-order valence-electron chi connectivity index (χ1n) is 3.56. The summed E-state index contributed by atoms with van der Waals surface area (Å²) in [6.45, 7) is 3.47. The van der Waals surface area contributed by atoms with E-state index in [-0.39, 0.29) is 11.3 Å². The Morgan fingerprint density at radius 2 is 1.92 bits per heavy atom. The van der Waals surface area contributed by atoms with Crippen LogP contribution in [0.1, 0.15) is 21.5 Å². The van der Waals surface area contributed by atoms with Crippen LogP contribution in [0, 0.1) is 13.8 Å². The van der Waals surface area contributed by atoms with Gasteiger partial charge in [0.15, 0.2) is 0 Å². The molecular formula is C9H10O3. The normalized spacial score (nSPS) is 9.83. The SMILES string of the molecule is Cc1cc(C)c(O)c(C(=O)O)c1. The molecule has 1 rings (SSSR count). The number of aryl methyl sites for hydroxylation is 2. The summed E-state index contributed by atoms with van der Waals surface area (Å²) in [6.07, 6.45) is 0. The number of carboxylic acids is 1. The molecule has 0 heterocycles. The molecule has 64 valence electrons. The highest BCUT2D eigenvalue weighted by Crippen LogP contribution is 2.23. The first-order valence-corrected chi connectivity index (χ1v) is 3.56. The van der Waals surface area contributed by atoms with Crippen LogP contribution in [0.2, 0.25) is 0 Å². The fourth-order valence-electron chi connectivity index (χ4n) is 1.12. The Bertz CT molecular complexity index is 329. The lowest BCUT2D eigenvalue weighted by Crippen LogP contribution is -1.98. The summed E-state index contributed by atoms with van der Waals surface area (Å²) in [5, 5.41) is 18.0. The van der Waals surface area contributed by atoms with Crippen molar-refractivity contribution in [2.24, 2.45) is 0 Å². The maximum absolute atomic E-state index is 10.6. The number of carbonyl (C=O) groups is 1. The first kappa shape index (κ1) is 8.59. The number of rotatable bonds is 1. The molecule has 3 nitrogen and oxygen atoms in total. The summed E-state index contributed by atoms with van der Waals surface area (Å²) < 4.78 is 0. The second kappa shape index (κ2) is 2.85. The average Bonchev–Trinajstić information content (AvgIpc) is 1.96. The van der Waals surface area contributed by atoms with E-state index in [1.807, 2.05) is 0 Å². The van der Waals surface area contributed by atoms with E-state index in [2.05, 4.69) is 0 Å². The third-order valence-corrected chi connectivity index (χ3v) is 1.68. The molecule has 0 saturated heterocycles. The molecular weight excluding hydrogens is 156 g/mol. The molecule has 0 aliphatic carbocycles. The Kier molecular flexibility index (Phi) is 2.04. The van der Waals surface area contributed by atoms with E-state index < -0.39 is 5.97 Å². The van der Waals surface area contributed by atoms with Gasteiger partial charge in [-0.05, 0) is 31.0 Å². The van der Waals surface area contributed by atoms with Gasteiger partial charge in [0.05, 0.1) is 0 Å². The molecule has 2 N–H and O–H groups in total. The quantitative estimate of drug-likeness (QED) is 0.667. The number of phenols is 1. The van der Waals surface area contributed by atoms with Crippen LogP contribution in [0.15, 0.2) is 12.1 Å². The average molecular weight is 166 g/mol.